The van der Waals surface area contributed by atoms with Crippen LogP contribution >= 0.6 is 11.3 Å². The fourth-order valence-electron chi connectivity index (χ4n) is 2.20. The van der Waals surface area contributed by atoms with E-state index in [4.69, 9.17) is 9.47 Å². The first kappa shape index (κ1) is 19.1. The zero-order valence-electron chi connectivity index (χ0n) is 15.0. The quantitative estimate of drug-likeness (QED) is 0.720. The first-order valence-electron chi connectivity index (χ1n) is 8.28. The third-order valence-corrected chi connectivity index (χ3v) is 4.52. The normalized spacial score (nSPS) is 10.8. The highest BCUT2D eigenvalue weighted by atomic mass is 32.1. The number of hydrogen-bond acceptors (Lipinski definition) is 5. The molecule has 2 aromatic rings. The summed E-state index contributed by atoms with van der Waals surface area (Å²) in [6.07, 6.45) is 0.827. The molecule has 0 unspecified atom stereocenters. The van der Waals surface area contributed by atoms with Gasteiger partial charge in [-0.05, 0) is 30.5 Å². The minimum Gasteiger partial charge on any atom is -0.491 e. The summed E-state index contributed by atoms with van der Waals surface area (Å²) in [6, 6.07) is 5.23. The molecule has 0 aliphatic heterocycles. The van der Waals surface area contributed by atoms with Crippen molar-refractivity contribution < 1.29 is 19.1 Å². The lowest BCUT2D eigenvalue weighted by molar-refractivity contribution is 0.0602. The number of methoxy groups -OCH3 is 1. The number of ether oxygens (including phenoxy) is 2. The molecule has 1 aromatic carbocycles. The van der Waals surface area contributed by atoms with E-state index in [0.29, 0.717) is 35.4 Å². The Morgan fingerprint density at radius 2 is 2.04 bits per heavy atom. The molecule has 0 radical (unpaired) electrons. The molecule has 25 heavy (non-hydrogen) atoms. The largest absolute Gasteiger partial charge is 0.491 e. The Balaban J connectivity index is 2.30. The van der Waals surface area contributed by atoms with Gasteiger partial charge in [-0.1, -0.05) is 20.8 Å². The topological polar surface area (TPSA) is 76.7 Å². The van der Waals surface area contributed by atoms with Gasteiger partial charge in [-0.15, -0.1) is 11.3 Å². The van der Waals surface area contributed by atoms with Crippen LogP contribution in [0.3, 0.4) is 0 Å². The molecule has 6 nitrogen and oxygen atoms in total. The second-order valence-electron chi connectivity index (χ2n) is 6.04. The monoisotopic (exact) mass is 364 g/mol. The van der Waals surface area contributed by atoms with E-state index in [1.165, 1.54) is 18.4 Å². The van der Waals surface area contributed by atoms with Gasteiger partial charge in [-0.25, -0.2) is 9.59 Å². The van der Waals surface area contributed by atoms with Crippen molar-refractivity contribution in [1.82, 2.24) is 5.32 Å². The van der Waals surface area contributed by atoms with Gasteiger partial charge in [0.2, 0.25) is 0 Å². The van der Waals surface area contributed by atoms with Gasteiger partial charge < -0.3 is 20.1 Å². The van der Waals surface area contributed by atoms with Crippen molar-refractivity contribution in [3.8, 4) is 5.75 Å². The fourth-order valence-corrected chi connectivity index (χ4v) is 3.25. The zero-order valence-corrected chi connectivity index (χ0v) is 15.8. The SMILES string of the molecule is CCCOc1c(C(=O)OC)sc2ccc(NC(=O)NCC(C)C)cc12. The number of nitrogens with one attached hydrogen (secondary N) is 2. The van der Waals surface area contributed by atoms with Gasteiger partial charge in [0.25, 0.3) is 0 Å². The maximum absolute atomic E-state index is 12.0. The summed E-state index contributed by atoms with van der Waals surface area (Å²) in [5.74, 6) is 0.471. The highest BCUT2D eigenvalue weighted by Gasteiger charge is 2.21. The van der Waals surface area contributed by atoms with E-state index in [2.05, 4.69) is 10.6 Å². The molecule has 0 fully saturated rings. The molecular formula is C18H24N2O4S. The highest BCUT2D eigenvalue weighted by Crippen LogP contribution is 2.39. The summed E-state index contributed by atoms with van der Waals surface area (Å²) >= 11 is 1.32. The minimum atomic E-state index is -0.420. The van der Waals surface area contributed by atoms with Crippen molar-refractivity contribution in [1.29, 1.82) is 0 Å². The van der Waals surface area contributed by atoms with E-state index >= 15 is 0 Å². The highest BCUT2D eigenvalue weighted by molar-refractivity contribution is 7.21. The van der Waals surface area contributed by atoms with Gasteiger partial charge in [0.15, 0.2) is 10.6 Å². The Bertz CT molecular complexity index is 755. The van der Waals surface area contributed by atoms with Crippen molar-refractivity contribution in [2.24, 2.45) is 5.92 Å². The minimum absolute atomic E-state index is 0.257. The maximum atomic E-state index is 12.0. The van der Waals surface area contributed by atoms with Crippen LogP contribution in [0.25, 0.3) is 10.1 Å². The molecule has 2 rings (SSSR count). The lowest BCUT2D eigenvalue weighted by atomic mass is 10.2. The number of hydrogen-bond donors (Lipinski definition) is 2. The van der Waals surface area contributed by atoms with Crippen LogP contribution in [0, 0.1) is 5.92 Å². The van der Waals surface area contributed by atoms with E-state index in [1.54, 1.807) is 6.07 Å². The van der Waals surface area contributed by atoms with Gasteiger partial charge in [-0.2, -0.15) is 0 Å². The summed E-state index contributed by atoms with van der Waals surface area (Å²) in [5, 5.41) is 6.41. The number of anilines is 1. The third-order valence-electron chi connectivity index (χ3n) is 3.39. The Labute approximate surface area is 151 Å². The number of carbonyl (C=O) groups excluding carboxylic acids is 2. The van der Waals surface area contributed by atoms with Crippen LogP contribution < -0.4 is 15.4 Å². The Morgan fingerprint density at radius 3 is 2.68 bits per heavy atom. The molecular weight excluding hydrogens is 340 g/mol. The molecule has 0 aliphatic rings. The van der Waals surface area contributed by atoms with Crippen molar-refractivity contribution in [2.75, 3.05) is 25.6 Å². The Kier molecular flexibility index (Phi) is 6.64. The molecule has 0 aliphatic carbocycles. The van der Waals surface area contributed by atoms with Crippen molar-refractivity contribution >= 4 is 39.1 Å². The van der Waals surface area contributed by atoms with Gasteiger partial charge in [0.1, 0.15) is 0 Å². The van der Waals surface area contributed by atoms with E-state index in [1.807, 2.05) is 32.9 Å². The number of carbonyl (C=O) groups is 2. The predicted molar refractivity (Wildman–Crippen MR) is 101 cm³/mol. The molecule has 0 spiro atoms. The lowest BCUT2D eigenvalue weighted by Gasteiger charge is -2.10. The van der Waals surface area contributed by atoms with Crippen LogP contribution in [0.1, 0.15) is 36.9 Å². The van der Waals surface area contributed by atoms with Gasteiger partial charge in [0.05, 0.1) is 13.7 Å². The molecule has 0 atom stereocenters. The molecule has 0 saturated carbocycles. The molecule has 1 heterocycles. The average molecular weight is 364 g/mol. The number of benzene rings is 1. The smallest absolute Gasteiger partial charge is 0.351 e. The van der Waals surface area contributed by atoms with E-state index in [9.17, 15) is 9.59 Å². The Hall–Kier alpha value is -2.28. The van der Waals surface area contributed by atoms with Crippen LogP contribution in [-0.2, 0) is 4.74 Å². The fraction of sp³-hybridized carbons (Fsp3) is 0.444. The molecule has 0 saturated heterocycles. The predicted octanol–water partition coefficient (Wildman–Crippen LogP) is 4.25. The van der Waals surface area contributed by atoms with Crippen molar-refractivity contribution in [2.45, 2.75) is 27.2 Å². The number of urea groups is 1. The molecule has 7 heteroatoms. The second-order valence-corrected chi connectivity index (χ2v) is 7.09. The van der Waals surface area contributed by atoms with Crippen molar-refractivity contribution in [3.05, 3.63) is 23.1 Å². The molecule has 136 valence electrons. The molecule has 2 N–H and O–H groups in total. The summed E-state index contributed by atoms with van der Waals surface area (Å²) in [5.41, 5.74) is 0.643. The maximum Gasteiger partial charge on any atom is 0.351 e. The summed E-state index contributed by atoms with van der Waals surface area (Å²) < 4.78 is 11.5. The number of fused-ring (bicyclic) bond motifs is 1. The summed E-state index contributed by atoms with van der Waals surface area (Å²) in [7, 11) is 1.35. The first-order valence-corrected chi connectivity index (χ1v) is 9.10. The zero-order chi connectivity index (χ0) is 18.4. The first-order chi connectivity index (χ1) is 12.0. The van der Waals surface area contributed by atoms with Crippen LogP contribution in [0.15, 0.2) is 18.2 Å². The average Bonchev–Trinajstić information content (AvgIpc) is 2.95. The van der Waals surface area contributed by atoms with E-state index in [0.717, 1.165) is 16.5 Å². The van der Waals surface area contributed by atoms with E-state index < -0.39 is 5.97 Å². The molecule has 2 amide bonds. The third kappa shape index (κ3) is 4.85. The van der Waals surface area contributed by atoms with Crippen LogP contribution in [-0.4, -0.2) is 32.3 Å². The van der Waals surface area contributed by atoms with E-state index in [-0.39, 0.29) is 6.03 Å². The number of thiophene rings is 1. The van der Waals surface area contributed by atoms with Crippen LogP contribution in [0.2, 0.25) is 0 Å². The number of amides is 2. The Morgan fingerprint density at radius 1 is 1.28 bits per heavy atom. The van der Waals surface area contributed by atoms with Crippen molar-refractivity contribution in [3.63, 3.8) is 0 Å². The standard InChI is InChI=1S/C18H24N2O4S/c1-5-8-24-15-13-9-12(20-18(22)19-10-11(2)3)6-7-14(13)25-16(15)17(21)23-4/h6-7,9,11H,5,8,10H2,1-4H3,(H2,19,20,22). The van der Waals surface area contributed by atoms with Gasteiger partial charge in [-0.3, -0.25) is 0 Å². The number of rotatable bonds is 7. The number of esters is 1. The summed E-state index contributed by atoms with van der Waals surface area (Å²) in [6.45, 7) is 7.16. The molecule has 1 aromatic heterocycles. The lowest BCUT2D eigenvalue weighted by Crippen LogP contribution is -2.31. The molecule has 0 bridgehead atoms. The van der Waals surface area contributed by atoms with Crippen LogP contribution in [0.4, 0.5) is 10.5 Å². The second kappa shape index (κ2) is 8.71. The van der Waals surface area contributed by atoms with Gasteiger partial charge in [0, 0.05) is 22.3 Å². The van der Waals surface area contributed by atoms with Crippen LogP contribution in [0.5, 0.6) is 5.75 Å². The van der Waals surface area contributed by atoms with Gasteiger partial charge >= 0.3 is 12.0 Å². The summed E-state index contributed by atoms with van der Waals surface area (Å²) in [4.78, 5) is 24.4.